The number of nitrogens with zero attached hydrogens (tertiary/aromatic N) is 2. The molecule has 3 heteroatoms. The SMILES string of the molecule is CCc1nc(C)cc(N[C@@H]2C[C@H]2C)n1. The van der Waals surface area contributed by atoms with Crippen LogP contribution in [0.1, 0.15) is 31.8 Å². The van der Waals surface area contributed by atoms with Gasteiger partial charge in [-0.25, -0.2) is 9.97 Å². The van der Waals surface area contributed by atoms with E-state index >= 15 is 0 Å². The molecule has 14 heavy (non-hydrogen) atoms. The molecule has 0 aromatic carbocycles. The molecule has 0 radical (unpaired) electrons. The Bertz CT molecular complexity index is 335. The number of nitrogens with one attached hydrogen (secondary N) is 1. The van der Waals surface area contributed by atoms with Crippen LogP contribution in [0.2, 0.25) is 0 Å². The zero-order valence-electron chi connectivity index (χ0n) is 9.04. The molecule has 1 N–H and O–H groups in total. The van der Waals surface area contributed by atoms with Gasteiger partial charge in [0.2, 0.25) is 0 Å². The molecular weight excluding hydrogens is 174 g/mol. The van der Waals surface area contributed by atoms with Crippen LogP contribution in [0.5, 0.6) is 0 Å². The van der Waals surface area contributed by atoms with Crippen LogP contribution in [0.3, 0.4) is 0 Å². The number of hydrogen-bond donors (Lipinski definition) is 1. The minimum Gasteiger partial charge on any atom is -0.367 e. The van der Waals surface area contributed by atoms with Gasteiger partial charge in [-0.1, -0.05) is 13.8 Å². The smallest absolute Gasteiger partial charge is 0.130 e. The fourth-order valence-corrected chi connectivity index (χ4v) is 1.58. The van der Waals surface area contributed by atoms with Crippen molar-refractivity contribution in [1.29, 1.82) is 0 Å². The molecule has 1 aliphatic carbocycles. The lowest BCUT2D eigenvalue weighted by molar-refractivity contribution is 0.890. The molecule has 1 fully saturated rings. The van der Waals surface area contributed by atoms with Crippen molar-refractivity contribution in [2.75, 3.05) is 5.32 Å². The highest BCUT2D eigenvalue weighted by Crippen LogP contribution is 2.32. The molecule has 1 saturated carbocycles. The summed E-state index contributed by atoms with van der Waals surface area (Å²) < 4.78 is 0. The number of rotatable bonds is 3. The van der Waals surface area contributed by atoms with Crippen LogP contribution in [0.15, 0.2) is 6.07 Å². The van der Waals surface area contributed by atoms with Crippen molar-refractivity contribution in [2.24, 2.45) is 5.92 Å². The van der Waals surface area contributed by atoms with E-state index in [2.05, 4.69) is 29.1 Å². The zero-order valence-corrected chi connectivity index (χ0v) is 9.04. The van der Waals surface area contributed by atoms with Gasteiger partial charge < -0.3 is 5.32 Å². The Hall–Kier alpha value is -1.12. The summed E-state index contributed by atoms with van der Waals surface area (Å²) in [6.45, 7) is 6.35. The van der Waals surface area contributed by atoms with Crippen molar-refractivity contribution < 1.29 is 0 Å². The van der Waals surface area contributed by atoms with Crippen LogP contribution < -0.4 is 5.32 Å². The van der Waals surface area contributed by atoms with Crippen molar-refractivity contribution in [3.8, 4) is 0 Å². The molecule has 76 valence electrons. The highest BCUT2D eigenvalue weighted by atomic mass is 15.1. The van der Waals surface area contributed by atoms with E-state index in [1.807, 2.05) is 13.0 Å². The van der Waals surface area contributed by atoms with Crippen LogP contribution in [0, 0.1) is 12.8 Å². The molecule has 1 heterocycles. The van der Waals surface area contributed by atoms with Crippen molar-refractivity contribution in [1.82, 2.24) is 9.97 Å². The van der Waals surface area contributed by atoms with Gasteiger partial charge in [0.1, 0.15) is 11.6 Å². The maximum Gasteiger partial charge on any atom is 0.130 e. The van der Waals surface area contributed by atoms with Crippen LogP contribution in [-0.4, -0.2) is 16.0 Å². The summed E-state index contributed by atoms with van der Waals surface area (Å²) in [6, 6.07) is 2.65. The minimum absolute atomic E-state index is 0.633. The van der Waals surface area contributed by atoms with Crippen LogP contribution in [0.25, 0.3) is 0 Å². The third-order valence-electron chi connectivity index (χ3n) is 2.66. The normalized spacial score (nSPS) is 24.8. The second-order valence-corrected chi connectivity index (χ2v) is 4.13. The third-order valence-corrected chi connectivity index (χ3v) is 2.66. The number of hydrogen-bond acceptors (Lipinski definition) is 3. The molecule has 0 bridgehead atoms. The van der Waals surface area contributed by atoms with Gasteiger partial charge in [-0.2, -0.15) is 0 Å². The molecule has 1 aliphatic rings. The Balaban J connectivity index is 2.12. The fraction of sp³-hybridized carbons (Fsp3) is 0.636. The average Bonchev–Trinajstić information content (AvgIpc) is 2.80. The second kappa shape index (κ2) is 3.56. The van der Waals surface area contributed by atoms with Gasteiger partial charge >= 0.3 is 0 Å². The van der Waals surface area contributed by atoms with E-state index in [-0.39, 0.29) is 0 Å². The van der Waals surface area contributed by atoms with Gasteiger partial charge in [0, 0.05) is 24.2 Å². The Labute approximate surface area is 85.0 Å². The van der Waals surface area contributed by atoms with E-state index in [0.29, 0.717) is 6.04 Å². The van der Waals surface area contributed by atoms with Gasteiger partial charge in [-0.15, -0.1) is 0 Å². The monoisotopic (exact) mass is 191 g/mol. The van der Waals surface area contributed by atoms with Crippen molar-refractivity contribution >= 4 is 5.82 Å². The average molecular weight is 191 g/mol. The topological polar surface area (TPSA) is 37.8 Å². The molecule has 3 nitrogen and oxygen atoms in total. The zero-order chi connectivity index (χ0) is 10.1. The Morgan fingerprint density at radius 2 is 2.21 bits per heavy atom. The summed E-state index contributed by atoms with van der Waals surface area (Å²) in [5.41, 5.74) is 1.05. The Morgan fingerprint density at radius 3 is 2.79 bits per heavy atom. The lowest BCUT2D eigenvalue weighted by atomic mass is 10.3. The van der Waals surface area contributed by atoms with Gasteiger partial charge in [0.25, 0.3) is 0 Å². The van der Waals surface area contributed by atoms with E-state index in [1.54, 1.807) is 0 Å². The first-order valence-electron chi connectivity index (χ1n) is 5.30. The first kappa shape index (κ1) is 9.44. The second-order valence-electron chi connectivity index (χ2n) is 4.13. The lowest BCUT2D eigenvalue weighted by Crippen LogP contribution is -2.08. The third kappa shape index (κ3) is 2.03. The van der Waals surface area contributed by atoms with Gasteiger partial charge in [0.15, 0.2) is 0 Å². The van der Waals surface area contributed by atoms with Gasteiger partial charge in [-0.3, -0.25) is 0 Å². The molecule has 0 spiro atoms. The molecule has 0 unspecified atom stereocenters. The Morgan fingerprint density at radius 1 is 1.50 bits per heavy atom. The molecule has 2 atom stereocenters. The van der Waals surface area contributed by atoms with Crippen molar-refractivity contribution in [3.05, 3.63) is 17.6 Å². The highest BCUT2D eigenvalue weighted by Gasteiger charge is 2.32. The fourth-order valence-electron chi connectivity index (χ4n) is 1.58. The summed E-state index contributed by atoms with van der Waals surface area (Å²) in [6.07, 6.45) is 2.17. The summed E-state index contributed by atoms with van der Waals surface area (Å²) in [5.74, 6) is 2.72. The molecule has 0 amide bonds. The van der Waals surface area contributed by atoms with Crippen LogP contribution in [-0.2, 0) is 6.42 Å². The van der Waals surface area contributed by atoms with Crippen LogP contribution in [0.4, 0.5) is 5.82 Å². The highest BCUT2D eigenvalue weighted by molar-refractivity contribution is 5.38. The molecule has 1 aromatic rings. The van der Waals surface area contributed by atoms with Crippen LogP contribution >= 0.6 is 0 Å². The maximum atomic E-state index is 4.44. The van der Waals surface area contributed by atoms with E-state index in [1.165, 1.54) is 6.42 Å². The maximum absolute atomic E-state index is 4.44. The largest absolute Gasteiger partial charge is 0.367 e. The van der Waals surface area contributed by atoms with E-state index < -0.39 is 0 Å². The summed E-state index contributed by atoms with van der Waals surface area (Å²) >= 11 is 0. The number of aromatic nitrogens is 2. The van der Waals surface area contributed by atoms with E-state index in [4.69, 9.17) is 0 Å². The quantitative estimate of drug-likeness (QED) is 0.795. The first-order chi connectivity index (χ1) is 6.69. The number of aryl methyl sites for hydroxylation is 2. The van der Waals surface area contributed by atoms with E-state index in [0.717, 1.165) is 29.7 Å². The molecule has 0 saturated heterocycles. The predicted molar refractivity (Wildman–Crippen MR) is 57.3 cm³/mol. The van der Waals surface area contributed by atoms with Gasteiger partial charge in [-0.05, 0) is 19.3 Å². The van der Waals surface area contributed by atoms with E-state index in [9.17, 15) is 0 Å². The molecular formula is C11H17N3. The number of anilines is 1. The lowest BCUT2D eigenvalue weighted by Gasteiger charge is -2.06. The predicted octanol–water partition coefficient (Wildman–Crippen LogP) is 2.17. The minimum atomic E-state index is 0.633. The summed E-state index contributed by atoms with van der Waals surface area (Å²) in [4.78, 5) is 8.79. The molecule has 2 rings (SSSR count). The van der Waals surface area contributed by atoms with Crippen molar-refractivity contribution in [2.45, 2.75) is 39.7 Å². The summed E-state index contributed by atoms with van der Waals surface area (Å²) in [7, 11) is 0. The Kier molecular flexibility index (Phi) is 2.40. The van der Waals surface area contributed by atoms with Crippen molar-refractivity contribution in [3.63, 3.8) is 0 Å². The summed E-state index contributed by atoms with van der Waals surface area (Å²) in [5, 5.41) is 3.43. The first-order valence-corrected chi connectivity index (χ1v) is 5.30. The molecule has 0 aliphatic heterocycles. The standard InChI is InChI=1S/C11H17N3/c1-4-10-12-8(3)6-11(14-10)13-9-5-7(9)2/h6-7,9H,4-5H2,1-3H3,(H,12,13,14)/t7-,9-/m1/s1. The molecule has 1 aromatic heterocycles. The van der Waals surface area contributed by atoms with Gasteiger partial charge in [0.05, 0.1) is 0 Å².